The number of para-hydroxylation sites is 1. The lowest BCUT2D eigenvalue weighted by atomic mass is 9.91. The number of likely N-dealkylation sites (tertiary alicyclic amines) is 1. The Hall–Kier alpha value is -5.78. The van der Waals surface area contributed by atoms with Crippen LogP contribution in [0.15, 0.2) is 108 Å². The van der Waals surface area contributed by atoms with E-state index in [1.807, 2.05) is 73.8 Å². The van der Waals surface area contributed by atoms with E-state index in [9.17, 15) is 29.4 Å². The monoisotopic (exact) mass is 800 g/mol. The summed E-state index contributed by atoms with van der Waals surface area (Å²) in [6.07, 6.45) is 4.27. The molecule has 0 bridgehead atoms. The number of nitrogens with one attached hydrogen (secondary N) is 2. The molecule has 2 heterocycles. The first-order valence-electron chi connectivity index (χ1n) is 20.7. The Morgan fingerprint density at radius 3 is 2.44 bits per heavy atom. The van der Waals surface area contributed by atoms with E-state index < -0.39 is 12.2 Å². The van der Waals surface area contributed by atoms with Crippen LogP contribution in [0.25, 0.3) is 22.0 Å². The number of aliphatic hydroxyl groups excluding tert-OH is 1. The molecular formula is C48H56N4O7. The van der Waals surface area contributed by atoms with Gasteiger partial charge in [0, 0.05) is 56.5 Å². The second kappa shape index (κ2) is 20.8. The molecule has 0 aliphatic carbocycles. The highest BCUT2D eigenvalue weighted by Gasteiger charge is 2.25. The summed E-state index contributed by atoms with van der Waals surface area (Å²) in [5.74, 6) is 0.470. The highest BCUT2D eigenvalue weighted by Crippen LogP contribution is 2.32. The molecule has 0 saturated carbocycles. The van der Waals surface area contributed by atoms with Gasteiger partial charge in [-0.3, -0.25) is 24.6 Å². The summed E-state index contributed by atoms with van der Waals surface area (Å²) in [7, 11) is 1.81. The van der Waals surface area contributed by atoms with Crippen molar-refractivity contribution in [1.82, 2.24) is 14.8 Å². The van der Waals surface area contributed by atoms with Crippen molar-refractivity contribution < 1.29 is 29.3 Å². The van der Waals surface area contributed by atoms with Crippen LogP contribution in [0.5, 0.6) is 5.75 Å². The van der Waals surface area contributed by atoms with Gasteiger partial charge in [0.15, 0.2) is 0 Å². The molecule has 1 saturated heterocycles. The van der Waals surface area contributed by atoms with Gasteiger partial charge in [-0.1, -0.05) is 85.8 Å². The molecule has 1 aliphatic heterocycles. The fourth-order valence-corrected chi connectivity index (χ4v) is 7.88. The number of nitrogens with zero attached hydrogens (tertiary/aromatic N) is 2. The van der Waals surface area contributed by atoms with Crippen molar-refractivity contribution >= 4 is 34.4 Å². The minimum atomic E-state index is -0.741. The molecule has 1 fully saturated rings. The Bertz CT molecular complexity index is 2250. The Balaban J connectivity index is 0.847. The van der Waals surface area contributed by atoms with Gasteiger partial charge in [0.05, 0.1) is 23.9 Å². The van der Waals surface area contributed by atoms with Crippen LogP contribution >= 0.6 is 0 Å². The number of Topliss-reactive ketones (excluding diaryl/α,β-unsaturated/α-hetero) is 1. The number of rotatable bonds is 18. The molecule has 2 atom stereocenters. The summed E-state index contributed by atoms with van der Waals surface area (Å²) in [6.45, 7) is 4.37. The number of phenolic OH excluding ortho intramolecular Hbond substituents is 1. The number of carbonyl (C=O) groups is 3. The average Bonchev–Trinajstić information content (AvgIpc) is 3.23. The van der Waals surface area contributed by atoms with Gasteiger partial charge in [-0.05, 0) is 91.3 Å². The maximum absolute atomic E-state index is 13.0. The maximum atomic E-state index is 13.0. The summed E-state index contributed by atoms with van der Waals surface area (Å²) in [6, 6.07) is 31.9. The Labute approximate surface area is 346 Å². The number of anilines is 1. The topological polar surface area (TPSA) is 152 Å². The van der Waals surface area contributed by atoms with Gasteiger partial charge in [0.25, 0.3) is 0 Å². The lowest BCUT2D eigenvalue weighted by molar-refractivity contribution is -0.131. The van der Waals surface area contributed by atoms with Crippen molar-refractivity contribution in [3.8, 4) is 16.9 Å². The molecule has 4 N–H and O–H groups in total. The number of ether oxygens (including phenoxy) is 1. The minimum Gasteiger partial charge on any atom is -0.506 e. The van der Waals surface area contributed by atoms with Crippen molar-refractivity contribution in [1.29, 1.82) is 0 Å². The van der Waals surface area contributed by atoms with Crippen LogP contribution in [-0.2, 0) is 27.2 Å². The Morgan fingerprint density at radius 1 is 0.898 bits per heavy atom. The SMILES string of the molecule is C[C@H](CC[C@H](O)c1ccc(O)c2[nH]c(=O)ccc12)Cc1cccc(CC(=O)CCCCN(C)C(=O)CN2CCC(OC(=O)Nc3ccccc3-c3ccccc3)CC2)c1. The van der Waals surface area contributed by atoms with Crippen molar-refractivity contribution in [2.75, 3.05) is 38.5 Å². The summed E-state index contributed by atoms with van der Waals surface area (Å²) in [5, 5.41) is 24.7. The summed E-state index contributed by atoms with van der Waals surface area (Å²) >= 11 is 0. The Kier molecular flexibility index (Phi) is 15.1. The van der Waals surface area contributed by atoms with E-state index >= 15 is 0 Å². The zero-order chi connectivity index (χ0) is 41.7. The fraction of sp³-hybridized carbons (Fsp3) is 0.375. The summed E-state index contributed by atoms with van der Waals surface area (Å²) in [5.41, 5.74) is 5.45. The third-order valence-corrected chi connectivity index (χ3v) is 11.2. The normalized spacial score (nSPS) is 14.4. The number of aromatic nitrogens is 1. The molecule has 6 rings (SSSR count). The van der Waals surface area contributed by atoms with Gasteiger partial charge in [-0.2, -0.15) is 0 Å². The van der Waals surface area contributed by atoms with Gasteiger partial charge in [0.1, 0.15) is 17.6 Å². The van der Waals surface area contributed by atoms with Crippen LogP contribution < -0.4 is 10.9 Å². The van der Waals surface area contributed by atoms with Crippen LogP contribution in [0, 0.1) is 5.92 Å². The number of pyridine rings is 1. The molecule has 1 aromatic heterocycles. The van der Waals surface area contributed by atoms with Gasteiger partial charge in [-0.25, -0.2) is 4.79 Å². The number of hydrogen-bond acceptors (Lipinski definition) is 8. The number of carbonyl (C=O) groups excluding carboxylic acids is 3. The molecule has 5 aromatic rings. The number of hydrogen-bond donors (Lipinski definition) is 4. The van der Waals surface area contributed by atoms with E-state index in [2.05, 4.69) is 34.3 Å². The van der Waals surface area contributed by atoms with Gasteiger partial charge in [0.2, 0.25) is 11.5 Å². The fourth-order valence-electron chi connectivity index (χ4n) is 7.88. The van der Waals surface area contributed by atoms with Crippen molar-refractivity contribution in [3.63, 3.8) is 0 Å². The molecule has 0 unspecified atom stereocenters. The molecule has 1 aliphatic rings. The molecule has 59 heavy (non-hydrogen) atoms. The van der Waals surface area contributed by atoms with E-state index in [4.69, 9.17) is 4.74 Å². The standard InChI is InChI=1S/C48H56N4O7/c1-33(18-21-43(54)40-19-22-44(55)47-41(40)20-23-45(56)50-47)29-34-11-10-12-35(30-34)31-37(53)15-8-9-26-51(2)46(57)32-52-27-24-38(25-28-52)59-48(58)49-42-17-7-6-16-39(42)36-13-4-3-5-14-36/h3-7,10-14,16-17,19-20,22-23,30,33,38,43,54-55H,8-9,15,18,21,24-29,31-32H2,1-2H3,(H,49,58)(H,50,56)/t33-,43+/m1/s1. The number of phenols is 1. The molecule has 4 aromatic carbocycles. The number of H-pyrrole nitrogens is 1. The molecule has 11 heteroatoms. The summed E-state index contributed by atoms with van der Waals surface area (Å²) in [4.78, 5) is 56.9. The average molecular weight is 801 g/mol. The quantitative estimate of drug-likeness (QED) is 0.0650. The zero-order valence-electron chi connectivity index (χ0n) is 34.1. The van der Waals surface area contributed by atoms with E-state index in [-0.39, 0.29) is 35.0 Å². The molecule has 310 valence electrons. The lowest BCUT2D eigenvalue weighted by Crippen LogP contribution is -2.44. The molecule has 0 spiro atoms. The van der Waals surface area contributed by atoms with E-state index in [1.165, 1.54) is 12.1 Å². The number of likely N-dealkylation sites (N-methyl/N-ethyl adjacent to an activating group) is 1. The first kappa shape index (κ1) is 42.8. The van der Waals surface area contributed by atoms with Crippen LogP contribution in [0.4, 0.5) is 10.5 Å². The first-order valence-corrected chi connectivity index (χ1v) is 20.7. The number of aromatic amines is 1. The number of aliphatic hydroxyl groups is 1. The zero-order valence-corrected chi connectivity index (χ0v) is 34.1. The number of unbranched alkanes of at least 4 members (excludes halogenated alkanes) is 1. The number of ketones is 1. The predicted octanol–water partition coefficient (Wildman–Crippen LogP) is 8.05. The lowest BCUT2D eigenvalue weighted by Gasteiger charge is -2.32. The van der Waals surface area contributed by atoms with Gasteiger partial charge < -0.3 is 24.8 Å². The predicted molar refractivity (Wildman–Crippen MR) is 231 cm³/mol. The first-order chi connectivity index (χ1) is 28.5. The third kappa shape index (κ3) is 12.4. The Morgan fingerprint density at radius 2 is 1.64 bits per heavy atom. The third-order valence-electron chi connectivity index (χ3n) is 11.2. The van der Waals surface area contributed by atoms with E-state index in [1.54, 1.807) is 17.0 Å². The number of aromatic hydroxyl groups is 1. The largest absolute Gasteiger partial charge is 0.506 e. The second-order valence-electron chi connectivity index (χ2n) is 15.9. The minimum absolute atomic E-state index is 0.0290. The van der Waals surface area contributed by atoms with Gasteiger partial charge >= 0.3 is 6.09 Å². The summed E-state index contributed by atoms with van der Waals surface area (Å²) < 4.78 is 5.75. The van der Waals surface area contributed by atoms with Crippen LogP contribution in [0.1, 0.15) is 74.7 Å². The molecule has 0 radical (unpaired) electrons. The molecule has 2 amide bonds. The van der Waals surface area contributed by atoms with Crippen LogP contribution in [0.3, 0.4) is 0 Å². The number of piperidine rings is 1. The van der Waals surface area contributed by atoms with Gasteiger partial charge in [-0.15, -0.1) is 0 Å². The van der Waals surface area contributed by atoms with Crippen LogP contribution in [-0.4, -0.2) is 82.1 Å². The van der Waals surface area contributed by atoms with Crippen molar-refractivity contribution in [2.24, 2.45) is 5.92 Å². The van der Waals surface area contributed by atoms with E-state index in [0.717, 1.165) is 41.5 Å². The van der Waals surface area contributed by atoms with E-state index in [0.29, 0.717) is 86.9 Å². The number of benzene rings is 4. The number of amides is 2. The molecule has 11 nitrogen and oxygen atoms in total. The van der Waals surface area contributed by atoms with Crippen molar-refractivity contribution in [2.45, 2.75) is 76.9 Å². The van der Waals surface area contributed by atoms with Crippen molar-refractivity contribution in [3.05, 3.63) is 130 Å². The maximum Gasteiger partial charge on any atom is 0.411 e. The molecular weight excluding hydrogens is 745 g/mol. The number of fused-ring (bicyclic) bond motifs is 1. The van der Waals surface area contributed by atoms with Crippen LogP contribution in [0.2, 0.25) is 0 Å². The second-order valence-corrected chi connectivity index (χ2v) is 15.9. The highest BCUT2D eigenvalue weighted by atomic mass is 16.6. The highest BCUT2D eigenvalue weighted by molar-refractivity contribution is 5.91. The smallest absolute Gasteiger partial charge is 0.411 e.